The van der Waals surface area contributed by atoms with Crippen LogP contribution in [0.15, 0.2) is 9.78 Å². The molecule has 0 spiro atoms. The van der Waals surface area contributed by atoms with E-state index in [2.05, 4.69) is 28.0 Å². The van der Waals surface area contributed by atoms with Crippen molar-refractivity contribution in [1.29, 1.82) is 0 Å². The summed E-state index contributed by atoms with van der Waals surface area (Å²) in [4.78, 5) is 4.99. The summed E-state index contributed by atoms with van der Waals surface area (Å²) in [6.07, 6.45) is 2.30. The van der Waals surface area contributed by atoms with E-state index in [9.17, 15) is 0 Å². The molecular weight excluding hydrogens is 207 g/mol. The minimum absolute atomic E-state index is 0.334. The molecule has 2 N–H and O–H groups in total. The molecule has 4 heteroatoms. The molecule has 1 unspecified atom stereocenters. The molecule has 0 amide bonds. The highest BCUT2D eigenvalue weighted by atomic mass is 127. The lowest BCUT2D eigenvalue weighted by atomic mass is 10.6. The fourth-order valence-electron chi connectivity index (χ4n) is 0.600. The largest absolute Gasteiger partial charge is 0.331 e. The quantitative estimate of drug-likeness (QED) is 0.395. The summed E-state index contributed by atoms with van der Waals surface area (Å²) >= 11 is 2.25. The molecule has 0 radical (unpaired) electrons. The molecule has 1 saturated heterocycles. The van der Waals surface area contributed by atoms with Crippen LogP contribution in [0.1, 0.15) is 0 Å². The normalized spacial score (nSPS) is 44.4. The van der Waals surface area contributed by atoms with Gasteiger partial charge in [0.2, 0.25) is 0 Å². The van der Waals surface area contributed by atoms with Gasteiger partial charge in [-0.25, -0.2) is 5.43 Å². The molecule has 2 aliphatic rings. The first-order valence-electron chi connectivity index (χ1n) is 2.03. The number of quaternary nitrogens is 1. The highest BCUT2D eigenvalue weighted by Gasteiger charge is 2.51. The summed E-state index contributed by atoms with van der Waals surface area (Å²) in [5, 5.41) is 1.02. The summed E-state index contributed by atoms with van der Waals surface area (Å²) < 4.78 is 1.26. The van der Waals surface area contributed by atoms with Gasteiger partial charge in [-0.1, -0.05) is 5.17 Å². The lowest BCUT2D eigenvalue weighted by Gasteiger charge is -1.78. The van der Waals surface area contributed by atoms with Gasteiger partial charge in [-0.3, -0.25) is 0 Å². The van der Waals surface area contributed by atoms with Crippen molar-refractivity contribution in [2.45, 2.75) is 6.23 Å². The van der Waals surface area contributed by atoms with E-state index < -0.39 is 0 Å². The third kappa shape index (κ3) is 0.471. The summed E-state index contributed by atoms with van der Waals surface area (Å²) in [5.41, 5.74) is 2.97. The Morgan fingerprint density at radius 1 is 2.00 bits per heavy atom. The van der Waals surface area contributed by atoms with Gasteiger partial charge < -0.3 is 0 Å². The summed E-state index contributed by atoms with van der Waals surface area (Å²) in [5.74, 6) is 0. The van der Waals surface area contributed by atoms with Gasteiger partial charge in [-0.15, -0.1) is 4.84 Å². The molecule has 0 aliphatic carbocycles. The van der Waals surface area contributed by atoms with E-state index in [4.69, 9.17) is 4.84 Å². The molecule has 0 aromatic heterocycles. The molecule has 0 saturated carbocycles. The lowest BCUT2D eigenvalue weighted by Crippen LogP contribution is -2.99. The summed E-state index contributed by atoms with van der Waals surface area (Å²) in [6.45, 7) is 0. The van der Waals surface area contributed by atoms with Crippen LogP contribution in [-0.2, 0) is 4.84 Å². The highest BCUT2D eigenvalue weighted by Crippen LogP contribution is 2.16. The Labute approximate surface area is 54.4 Å². The standard InChI is InChI=1S/C3H3IN2O/c4-2-1-5-6-3(2)7-6/h1,3,5H/p+1/t3-,6?/m0/s1. The molecule has 7 heavy (non-hydrogen) atoms. The number of rotatable bonds is 0. The van der Waals surface area contributed by atoms with Gasteiger partial charge in [-0.2, -0.15) is 0 Å². The zero-order chi connectivity index (χ0) is 4.85. The maximum Gasteiger partial charge on any atom is 0.331 e. The Morgan fingerprint density at radius 2 is 2.86 bits per heavy atom. The van der Waals surface area contributed by atoms with Gasteiger partial charge in [0, 0.05) is 0 Å². The number of fused-ring (bicyclic) bond motifs is 1. The van der Waals surface area contributed by atoms with Crippen molar-refractivity contribution in [3.8, 4) is 0 Å². The molecule has 2 rings (SSSR count). The van der Waals surface area contributed by atoms with Gasteiger partial charge in [0.1, 0.15) is 3.58 Å². The van der Waals surface area contributed by atoms with Gasteiger partial charge in [0.05, 0.1) is 6.20 Å². The Bertz CT molecular complexity index is 135. The molecule has 2 aliphatic heterocycles. The zero-order valence-corrected chi connectivity index (χ0v) is 5.60. The first-order valence-corrected chi connectivity index (χ1v) is 3.11. The van der Waals surface area contributed by atoms with Crippen molar-refractivity contribution < 1.29 is 10.0 Å². The third-order valence-corrected chi connectivity index (χ3v) is 1.91. The Kier molecular flexibility index (Phi) is 0.658. The minimum atomic E-state index is 0.334. The van der Waals surface area contributed by atoms with Crippen molar-refractivity contribution >= 4 is 22.6 Å². The van der Waals surface area contributed by atoms with Crippen molar-refractivity contribution in [2.24, 2.45) is 0 Å². The molecule has 1 fully saturated rings. The van der Waals surface area contributed by atoms with E-state index in [-0.39, 0.29) is 0 Å². The predicted octanol–water partition coefficient (Wildman–Crippen LogP) is -1.06. The topological polar surface area (TPSA) is 29.0 Å². The van der Waals surface area contributed by atoms with Gasteiger partial charge >= 0.3 is 6.23 Å². The fourth-order valence-corrected chi connectivity index (χ4v) is 1.17. The highest BCUT2D eigenvalue weighted by molar-refractivity contribution is 14.1. The minimum Gasteiger partial charge on any atom is -0.209 e. The van der Waals surface area contributed by atoms with Crippen molar-refractivity contribution in [1.82, 2.24) is 5.43 Å². The molecule has 0 bridgehead atoms. The lowest BCUT2D eigenvalue weighted by molar-refractivity contribution is -0.927. The number of hydroxylamine groups is 1. The van der Waals surface area contributed by atoms with E-state index in [1.165, 1.54) is 3.58 Å². The monoisotopic (exact) mass is 211 g/mol. The molecule has 2 heterocycles. The van der Waals surface area contributed by atoms with E-state index in [0.29, 0.717) is 6.23 Å². The van der Waals surface area contributed by atoms with E-state index >= 15 is 0 Å². The second-order valence-corrected chi connectivity index (χ2v) is 2.78. The SMILES string of the molecule is IC1=CN[NH+]2O[C@@H]12. The number of nitrogens with one attached hydrogen (secondary N) is 2. The summed E-state index contributed by atoms with van der Waals surface area (Å²) in [7, 11) is 0. The molecule has 0 aromatic carbocycles. The Morgan fingerprint density at radius 3 is 3.00 bits per heavy atom. The molecule has 0 aromatic rings. The van der Waals surface area contributed by atoms with Crippen LogP contribution in [0.3, 0.4) is 0 Å². The molecule has 38 valence electrons. The van der Waals surface area contributed by atoms with Gasteiger partial charge in [0.25, 0.3) is 0 Å². The average Bonchev–Trinajstić information content (AvgIpc) is 2.33. The van der Waals surface area contributed by atoms with Crippen LogP contribution in [-0.4, -0.2) is 6.23 Å². The maximum atomic E-state index is 4.99. The first-order chi connectivity index (χ1) is 3.38. The van der Waals surface area contributed by atoms with Crippen molar-refractivity contribution in [2.75, 3.05) is 0 Å². The Hall–Kier alpha value is 0.190. The van der Waals surface area contributed by atoms with Crippen molar-refractivity contribution in [3.63, 3.8) is 0 Å². The van der Waals surface area contributed by atoms with E-state index in [1.54, 1.807) is 0 Å². The Balaban J connectivity index is 2.25. The second-order valence-electron chi connectivity index (χ2n) is 1.54. The van der Waals surface area contributed by atoms with Crippen LogP contribution in [0.5, 0.6) is 0 Å². The summed E-state index contributed by atoms with van der Waals surface area (Å²) in [6, 6.07) is 0. The van der Waals surface area contributed by atoms with E-state index in [1.807, 2.05) is 6.20 Å². The predicted molar refractivity (Wildman–Crippen MR) is 31.1 cm³/mol. The van der Waals surface area contributed by atoms with Crippen LogP contribution in [0.4, 0.5) is 0 Å². The van der Waals surface area contributed by atoms with Crippen LogP contribution in [0, 0.1) is 0 Å². The smallest absolute Gasteiger partial charge is 0.209 e. The molecule has 2 atom stereocenters. The second kappa shape index (κ2) is 1.12. The average molecular weight is 211 g/mol. The van der Waals surface area contributed by atoms with Crippen LogP contribution in [0.25, 0.3) is 0 Å². The van der Waals surface area contributed by atoms with E-state index in [0.717, 1.165) is 5.17 Å². The van der Waals surface area contributed by atoms with Gasteiger partial charge in [0.15, 0.2) is 0 Å². The zero-order valence-electron chi connectivity index (χ0n) is 3.44. The first kappa shape index (κ1) is 4.11. The van der Waals surface area contributed by atoms with Crippen LogP contribution >= 0.6 is 22.6 Å². The van der Waals surface area contributed by atoms with Gasteiger partial charge in [-0.05, 0) is 22.6 Å². The van der Waals surface area contributed by atoms with Crippen LogP contribution in [0.2, 0.25) is 0 Å². The van der Waals surface area contributed by atoms with Crippen LogP contribution < -0.4 is 10.6 Å². The number of hydrogen-bond acceptors (Lipinski definition) is 2. The maximum absolute atomic E-state index is 4.99. The molecule has 3 nitrogen and oxygen atoms in total. The fraction of sp³-hybridized carbons (Fsp3) is 0.333. The van der Waals surface area contributed by atoms with Crippen molar-refractivity contribution in [3.05, 3.63) is 9.78 Å². The number of hydrogen-bond donors (Lipinski definition) is 2. The number of halogens is 1. The molecular formula is C3H4IN2O+. The third-order valence-electron chi connectivity index (χ3n) is 1.03.